The van der Waals surface area contributed by atoms with Crippen molar-refractivity contribution in [3.05, 3.63) is 34.1 Å². The molecule has 0 fully saturated rings. The van der Waals surface area contributed by atoms with E-state index < -0.39 is 24.2 Å². The number of benzene rings is 1. The predicted molar refractivity (Wildman–Crippen MR) is 57.3 cm³/mol. The number of oxime groups is 1. The lowest BCUT2D eigenvalue weighted by molar-refractivity contribution is -0.355. The molecular weight excluding hydrogens is 322 g/mol. The third-order valence-electron chi connectivity index (χ3n) is 2.40. The van der Waals surface area contributed by atoms with Crippen molar-refractivity contribution in [2.45, 2.75) is 18.4 Å². The Morgan fingerprint density at radius 1 is 1.39 bits per heavy atom. The van der Waals surface area contributed by atoms with E-state index in [2.05, 4.69) is 25.9 Å². The minimum atomic E-state index is -5.00. The van der Waals surface area contributed by atoms with Crippen LogP contribution in [0.15, 0.2) is 27.8 Å². The van der Waals surface area contributed by atoms with Crippen LogP contribution in [0.1, 0.15) is 12.0 Å². The van der Waals surface area contributed by atoms with Crippen LogP contribution < -0.4 is 0 Å². The maximum atomic E-state index is 13.5. The molecule has 0 saturated carbocycles. The van der Waals surface area contributed by atoms with Crippen LogP contribution in [0.3, 0.4) is 0 Å². The molecule has 0 amide bonds. The standard InChI is InChI=1S/C10H6BrF4NO2/c11-5-1-2-6(7(12)3-5)8-4-9(17,18-16-8)10(13,14)15/h1-3,17H,4H2. The van der Waals surface area contributed by atoms with E-state index in [-0.39, 0.29) is 11.3 Å². The van der Waals surface area contributed by atoms with Gasteiger partial charge < -0.3 is 9.94 Å². The molecule has 0 saturated heterocycles. The number of rotatable bonds is 1. The third kappa shape index (κ3) is 2.22. The Labute approximate surface area is 107 Å². The van der Waals surface area contributed by atoms with Crippen molar-refractivity contribution in [1.29, 1.82) is 0 Å². The van der Waals surface area contributed by atoms with Gasteiger partial charge in [-0.2, -0.15) is 13.2 Å². The highest BCUT2D eigenvalue weighted by atomic mass is 79.9. The average Bonchev–Trinajstić information content (AvgIpc) is 2.61. The lowest BCUT2D eigenvalue weighted by Crippen LogP contribution is -2.45. The molecule has 0 radical (unpaired) electrons. The molecule has 1 aromatic rings. The normalized spacial score (nSPS) is 23.8. The monoisotopic (exact) mass is 327 g/mol. The Balaban J connectivity index is 2.28. The zero-order valence-electron chi connectivity index (χ0n) is 8.63. The van der Waals surface area contributed by atoms with Crippen LogP contribution in [-0.2, 0) is 4.84 Å². The second-order valence-corrected chi connectivity index (χ2v) is 4.63. The summed E-state index contributed by atoms with van der Waals surface area (Å²) in [5.41, 5.74) is -0.432. The van der Waals surface area contributed by atoms with Gasteiger partial charge in [0.05, 0.1) is 12.1 Å². The van der Waals surface area contributed by atoms with Crippen LogP contribution in [0.4, 0.5) is 17.6 Å². The Bertz CT molecular complexity index is 517. The van der Waals surface area contributed by atoms with Crippen molar-refractivity contribution in [2.75, 3.05) is 0 Å². The fraction of sp³-hybridized carbons (Fsp3) is 0.300. The number of hydrogen-bond acceptors (Lipinski definition) is 3. The van der Waals surface area contributed by atoms with Crippen molar-refractivity contribution >= 4 is 21.6 Å². The molecule has 1 atom stereocenters. The van der Waals surface area contributed by atoms with Crippen molar-refractivity contribution in [2.24, 2.45) is 5.16 Å². The van der Waals surface area contributed by atoms with Crippen molar-refractivity contribution < 1.29 is 27.5 Å². The van der Waals surface area contributed by atoms with Gasteiger partial charge >= 0.3 is 12.0 Å². The molecule has 3 nitrogen and oxygen atoms in total. The molecule has 1 unspecified atom stereocenters. The van der Waals surface area contributed by atoms with Crippen molar-refractivity contribution in [3.8, 4) is 0 Å². The number of aliphatic hydroxyl groups is 1. The summed E-state index contributed by atoms with van der Waals surface area (Å²) in [5, 5.41) is 12.3. The fourth-order valence-corrected chi connectivity index (χ4v) is 1.78. The first kappa shape index (κ1) is 13.3. The number of hydrogen-bond donors (Lipinski definition) is 1. The van der Waals surface area contributed by atoms with E-state index in [0.717, 1.165) is 6.07 Å². The van der Waals surface area contributed by atoms with Crippen LogP contribution >= 0.6 is 15.9 Å². The number of alkyl halides is 3. The summed E-state index contributed by atoms with van der Waals surface area (Å²) in [6, 6.07) is 3.79. The van der Waals surface area contributed by atoms with Gasteiger partial charge in [-0.1, -0.05) is 21.1 Å². The summed E-state index contributed by atoms with van der Waals surface area (Å²) in [5.74, 6) is -4.14. The maximum absolute atomic E-state index is 13.5. The van der Waals surface area contributed by atoms with E-state index in [1.807, 2.05) is 0 Å². The van der Waals surface area contributed by atoms with Crippen LogP contribution in [0, 0.1) is 5.82 Å². The van der Waals surface area contributed by atoms with E-state index in [9.17, 15) is 22.7 Å². The summed E-state index contributed by atoms with van der Waals surface area (Å²) < 4.78 is 51.3. The van der Waals surface area contributed by atoms with E-state index in [1.165, 1.54) is 12.1 Å². The SMILES string of the molecule is OC1(C(F)(F)F)CC(c2ccc(Br)cc2F)=NO1. The van der Waals surface area contributed by atoms with Gasteiger partial charge in [0.1, 0.15) is 5.82 Å². The number of halogens is 5. The van der Waals surface area contributed by atoms with E-state index >= 15 is 0 Å². The molecule has 8 heteroatoms. The van der Waals surface area contributed by atoms with Gasteiger partial charge in [0.15, 0.2) is 0 Å². The zero-order valence-corrected chi connectivity index (χ0v) is 10.2. The van der Waals surface area contributed by atoms with Gasteiger partial charge in [-0.3, -0.25) is 0 Å². The van der Waals surface area contributed by atoms with E-state index in [4.69, 9.17) is 0 Å². The largest absolute Gasteiger partial charge is 0.458 e. The number of nitrogens with zero attached hydrogens (tertiary/aromatic N) is 1. The fourth-order valence-electron chi connectivity index (χ4n) is 1.44. The molecule has 1 aliphatic heterocycles. The van der Waals surface area contributed by atoms with Crippen LogP contribution in [0.2, 0.25) is 0 Å². The van der Waals surface area contributed by atoms with Gasteiger partial charge in [-0.25, -0.2) is 4.39 Å². The van der Waals surface area contributed by atoms with E-state index in [0.29, 0.717) is 4.47 Å². The Hall–Kier alpha value is -1.15. The van der Waals surface area contributed by atoms with Crippen molar-refractivity contribution in [3.63, 3.8) is 0 Å². The summed E-state index contributed by atoms with van der Waals surface area (Å²) in [6.07, 6.45) is -5.95. The van der Waals surface area contributed by atoms with Crippen LogP contribution in [-0.4, -0.2) is 22.8 Å². The molecule has 1 N–H and O–H groups in total. The minimum Gasteiger partial charge on any atom is -0.350 e. The first-order valence-electron chi connectivity index (χ1n) is 4.72. The van der Waals surface area contributed by atoms with Gasteiger partial charge in [0, 0.05) is 10.0 Å². The van der Waals surface area contributed by atoms with Gasteiger partial charge in [0.25, 0.3) is 0 Å². The highest BCUT2D eigenvalue weighted by Gasteiger charge is 2.60. The molecule has 0 aliphatic carbocycles. The summed E-state index contributed by atoms with van der Waals surface area (Å²) in [7, 11) is 0. The van der Waals surface area contributed by atoms with Crippen LogP contribution in [0.25, 0.3) is 0 Å². The highest BCUT2D eigenvalue weighted by Crippen LogP contribution is 2.39. The summed E-state index contributed by atoms with van der Waals surface area (Å²) in [6.45, 7) is 0. The topological polar surface area (TPSA) is 41.8 Å². The Morgan fingerprint density at radius 2 is 2.06 bits per heavy atom. The summed E-state index contributed by atoms with van der Waals surface area (Å²) in [4.78, 5) is 4.00. The first-order valence-corrected chi connectivity index (χ1v) is 5.52. The molecule has 2 rings (SSSR count). The molecule has 0 spiro atoms. The van der Waals surface area contributed by atoms with E-state index in [1.54, 1.807) is 0 Å². The molecule has 98 valence electrons. The maximum Gasteiger partial charge on any atom is 0.458 e. The van der Waals surface area contributed by atoms with Gasteiger partial charge in [-0.05, 0) is 18.2 Å². The van der Waals surface area contributed by atoms with Gasteiger partial charge in [-0.15, -0.1) is 0 Å². The smallest absolute Gasteiger partial charge is 0.350 e. The highest BCUT2D eigenvalue weighted by molar-refractivity contribution is 9.10. The molecule has 0 aromatic heterocycles. The minimum absolute atomic E-state index is 0.140. The molecule has 1 aromatic carbocycles. The molecule has 0 bridgehead atoms. The summed E-state index contributed by atoms with van der Waals surface area (Å²) >= 11 is 3.02. The average molecular weight is 328 g/mol. The van der Waals surface area contributed by atoms with Crippen LogP contribution in [0.5, 0.6) is 0 Å². The predicted octanol–water partition coefficient (Wildman–Crippen LogP) is 2.96. The second-order valence-electron chi connectivity index (χ2n) is 3.71. The molecule has 1 heterocycles. The first-order chi connectivity index (χ1) is 8.23. The quantitative estimate of drug-likeness (QED) is 0.806. The lowest BCUT2D eigenvalue weighted by Gasteiger charge is -2.22. The third-order valence-corrected chi connectivity index (χ3v) is 2.89. The Kier molecular flexibility index (Phi) is 3.10. The Morgan fingerprint density at radius 3 is 2.56 bits per heavy atom. The van der Waals surface area contributed by atoms with Gasteiger partial charge in [0.2, 0.25) is 0 Å². The second kappa shape index (κ2) is 4.20. The molecular formula is C10H6BrF4NO2. The molecule has 1 aliphatic rings. The zero-order chi connectivity index (χ0) is 13.6. The molecule has 18 heavy (non-hydrogen) atoms. The van der Waals surface area contributed by atoms with Crippen molar-refractivity contribution in [1.82, 2.24) is 0 Å². The lowest BCUT2D eigenvalue weighted by atomic mass is 10.0.